The summed E-state index contributed by atoms with van der Waals surface area (Å²) in [5.41, 5.74) is 7.20. The quantitative estimate of drug-likeness (QED) is 0.940. The number of nitrogens with two attached hydrogens (primary N) is 1. The van der Waals surface area contributed by atoms with Gasteiger partial charge in [0.2, 0.25) is 0 Å². The third-order valence-corrected chi connectivity index (χ3v) is 5.06. The molecule has 3 rings (SSSR count). The summed E-state index contributed by atoms with van der Waals surface area (Å²) < 4.78 is 1.02. The molecule has 1 aromatic carbocycles. The van der Waals surface area contributed by atoms with Gasteiger partial charge in [-0.2, -0.15) is 0 Å². The lowest BCUT2D eigenvalue weighted by atomic mass is 10.1. The third-order valence-electron chi connectivity index (χ3n) is 4.20. The number of nitrogen functional groups attached to an aromatic ring is 1. The molecular weight excluding hydrogens is 296 g/mol. The average molecular weight is 318 g/mol. The number of aromatic nitrogens is 1. The molecule has 5 nitrogen and oxygen atoms in total. The second-order valence-corrected chi connectivity index (χ2v) is 6.93. The minimum atomic E-state index is 0.0467. The van der Waals surface area contributed by atoms with Crippen molar-refractivity contribution in [1.82, 2.24) is 14.8 Å². The van der Waals surface area contributed by atoms with E-state index in [2.05, 4.69) is 9.88 Å². The first-order valence-electron chi connectivity index (χ1n) is 7.77. The maximum absolute atomic E-state index is 12.5. The van der Waals surface area contributed by atoms with E-state index in [1.807, 2.05) is 25.2 Å². The summed E-state index contributed by atoms with van der Waals surface area (Å²) in [6.45, 7) is 4.03. The first kappa shape index (κ1) is 15.2. The van der Waals surface area contributed by atoms with Gasteiger partial charge in [0.25, 0.3) is 5.91 Å². The Hall–Kier alpha value is -1.66. The van der Waals surface area contributed by atoms with E-state index in [0.29, 0.717) is 10.7 Å². The van der Waals surface area contributed by atoms with Crippen molar-refractivity contribution in [2.75, 3.05) is 39.0 Å². The number of carbonyl (C=O) groups is 1. The number of nitrogens with zero attached hydrogens (tertiary/aromatic N) is 3. The Labute approximate surface area is 134 Å². The molecule has 0 bridgehead atoms. The largest absolute Gasteiger partial charge is 0.375 e. The van der Waals surface area contributed by atoms with Crippen molar-refractivity contribution in [3.05, 3.63) is 23.8 Å². The van der Waals surface area contributed by atoms with E-state index in [1.54, 1.807) is 4.90 Å². The minimum Gasteiger partial charge on any atom is -0.375 e. The molecule has 1 amide bonds. The molecule has 2 aromatic rings. The van der Waals surface area contributed by atoms with Gasteiger partial charge in [-0.1, -0.05) is 17.8 Å². The van der Waals surface area contributed by atoms with E-state index >= 15 is 0 Å². The molecule has 0 spiro atoms. The molecule has 0 aliphatic carbocycles. The molecule has 0 unspecified atom stereocenters. The van der Waals surface area contributed by atoms with E-state index in [9.17, 15) is 4.79 Å². The number of amides is 1. The molecule has 1 aliphatic heterocycles. The van der Waals surface area contributed by atoms with E-state index < -0.39 is 0 Å². The van der Waals surface area contributed by atoms with Gasteiger partial charge in [-0.15, -0.1) is 0 Å². The highest BCUT2D eigenvalue weighted by Crippen LogP contribution is 2.24. The smallest absolute Gasteiger partial charge is 0.253 e. The van der Waals surface area contributed by atoms with E-state index in [1.165, 1.54) is 30.6 Å². The summed E-state index contributed by atoms with van der Waals surface area (Å²) >= 11 is 1.45. The van der Waals surface area contributed by atoms with Crippen LogP contribution in [-0.4, -0.2) is 53.9 Å². The zero-order valence-electron chi connectivity index (χ0n) is 12.9. The van der Waals surface area contributed by atoms with Crippen LogP contribution >= 0.6 is 11.3 Å². The standard InChI is InChI=1S/C16H22N4OS/c1-19(9-10-20-7-3-2-4-8-20)15(21)12-5-6-14-13(11-12)18-16(17)22-14/h5-6,11H,2-4,7-10H2,1H3,(H2,17,18). The van der Waals surface area contributed by atoms with Crippen LogP contribution < -0.4 is 5.73 Å². The van der Waals surface area contributed by atoms with Crippen molar-refractivity contribution in [3.8, 4) is 0 Å². The Kier molecular flexibility index (Phi) is 4.59. The van der Waals surface area contributed by atoms with Gasteiger partial charge in [-0.25, -0.2) is 4.98 Å². The molecule has 1 aliphatic rings. The SMILES string of the molecule is CN(CCN1CCCCC1)C(=O)c1ccc2sc(N)nc2c1. The summed E-state index contributed by atoms with van der Waals surface area (Å²) in [7, 11) is 1.87. The Morgan fingerprint density at radius 2 is 2.14 bits per heavy atom. The number of rotatable bonds is 4. The number of thiazole rings is 1. The van der Waals surface area contributed by atoms with Gasteiger partial charge < -0.3 is 15.5 Å². The zero-order valence-corrected chi connectivity index (χ0v) is 13.7. The van der Waals surface area contributed by atoms with Crippen LogP contribution in [-0.2, 0) is 0 Å². The van der Waals surface area contributed by atoms with Crippen molar-refractivity contribution in [3.63, 3.8) is 0 Å². The van der Waals surface area contributed by atoms with Crippen LogP contribution in [0.2, 0.25) is 0 Å². The molecule has 0 atom stereocenters. The highest BCUT2D eigenvalue weighted by atomic mass is 32.1. The molecule has 2 heterocycles. The van der Waals surface area contributed by atoms with Crippen LogP contribution in [0.25, 0.3) is 10.2 Å². The molecule has 22 heavy (non-hydrogen) atoms. The van der Waals surface area contributed by atoms with Crippen LogP contribution in [0.5, 0.6) is 0 Å². The van der Waals surface area contributed by atoms with Crippen molar-refractivity contribution in [2.24, 2.45) is 0 Å². The number of anilines is 1. The molecule has 2 N–H and O–H groups in total. The predicted octanol–water partition coefficient (Wildman–Crippen LogP) is 2.44. The van der Waals surface area contributed by atoms with Gasteiger partial charge in [0.15, 0.2) is 5.13 Å². The first-order chi connectivity index (χ1) is 10.6. The number of hydrogen-bond acceptors (Lipinski definition) is 5. The normalized spacial score (nSPS) is 16.0. The fourth-order valence-corrected chi connectivity index (χ4v) is 3.59. The third kappa shape index (κ3) is 3.39. The summed E-state index contributed by atoms with van der Waals surface area (Å²) in [6.07, 6.45) is 3.89. The monoisotopic (exact) mass is 318 g/mol. The average Bonchev–Trinajstić information content (AvgIpc) is 2.92. The highest BCUT2D eigenvalue weighted by Gasteiger charge is 2.15. The van der Waals surface area contributed by atoms with Gasteiger partial charge >= 0.3 is 0 Å². The van der Waals surface area contributed by atoms with Gasteiger partial charge in [-0.05, 0) is 44.1 Å². The molecule has 1 saturated heterocycles. The van der Waals surface area contributed by atoms with Gasteiger partial charge in [0.1, 0.15) is 0 Å². The van der Waals surface area contributed by atoms with Crippen LogP contribution in [0.1, 0.15) is 29.6 Å². The number of fused-ring (bicyclic) bond motifs is 1. The van der Waals surface area contributed by atoms with E-state index in [4.69, 9.17) is 5.73 Å². The molecule has 6 heteroatoms. The minimum absolute atomic E-state index is 0.0467. The number of likely N-dealkylation sites (N-methyl/N-ethyl adjacent to an activating group) is 1. The van der Waals surface area contributed by atoms with Gasteiger partial charge in [0, 0.05) is 25.7 Å². The van der Waals surface area contributed by atoms with Gasteiger partial charge in [-0.3, -0.25) is 4.79 Å². The highest BCUT2D eigenvalue weighted by molar-refractivity contribution is 7.22. The molecule has 1 fully saturated rings. The lowest BCUT2D eigenvalue weighted by Gasteiger charge is -2.28. The van der Waals surface area contributed by atoms with E-state index in [-0.39, 0.29) is 5.91 Å². The number of likely N-dealkylation sites (tertiary alicyclic amines) is 1. The number of benzene rings is 1. The van der Waals surface area contributed by atoms with E-state index in [0.717, 1.165) is 36.4 Å². The molecular formula is C16H22N4OS. The molecule has 1 aromatic heterocycles. The lowest BCUT2D eigenvalue weighted by Crippen LogP contribution is -2.38. The molecule has 118 valence electrons. The van der Waals surface area contributed by atoms with Crippen LogP contribution in [0, 0.1) is 0 Å². The van der Waals surface area contributed by atoms with Crippen LogP contribution in [0.3, 0.4) is 0 Å². The van der Waals surface area contributed by atoms with Crippen molar-refractivity contribution in [1.29, 1.82) is 0 Å². The Balaban J connectivity index is 1.63. The van der Waals surface area contributed by atoms with Crippen LogP contribution in [0.4, 0.5) is 5.13 Å². The Bertz CT molecular complexity index is 663. The van der Waals surface area contributed by atoms with Crippen LogP contribution in [0.15, 0.2) is 18.2 Å². The summed E-state index contributed by atoms with van der Waals surface area (Å²) in [6, 6.07) is 5.62. The zero-order chi connectivity index (χ0) is 15.5. The maximum Gasteiger partial charge on any atom is 0.253 e. The summed E-state index contributed by atoms with van der Waals surface area (Å²) in [4.78, 5) is 21.0. The lowest BCUT2D eigenvalue weighted by molar-refractivity contribution is 0.0773. The topological polar surface area (TPSA) is 62.5 Å². The fourth-order valence-electron chi connectivity index (χ4n) is 2.87. The van der Waals surface area contributed by atoms with Crippen molar-refractivity contribution < 1.29 is 4.79 Å². The second kappa shape index (κ2) is 6.62. The molecule has 0 radical (unpaired) electrons. The predicted molar refractivity (Wildman–Crippen MR) is 91.3 cm³/mol. The first-order valence-corrected chi connectivity index (χ1v) is 8.59. The Morgan fingerprint density at radius 3 is 2.91 bits per heavy atom. The van der Waals surface area contributed by atoms with Crippen molar-refractivity contribution >= 4 is 32.6 Å². The molecule has 0 saturated carbocycles. The maximum atomic E-state index is 12.5. The second-order valence-electron chi connectivity index (χ2n) is 5.86. The fraction of sp³-hybridized carbons (Fsp3) is 0.500. The number of carbonyl (C=O) groups excluding carboxylic acids is 1. The number of hydrogen-bond donors (Lipinski definition) is 1. The van der Waals surface area contributed by atoms with Gasteiger partial charge in [0.05, 0.1) is 10.2 Å². The Morgan fingerprint density at radius 1 is 1.36 bits per heavy atom. The van der Waals surface area contributed by atoms with Crippen molar-refractivity contribution in [2.45, 2.75) is 19.3 Å². The summed E-state index contributed by atoms with van der Waals surface area (Å²) in [5, 5.41) is 0.540. The summed E-state index contributed by atoms with van der Waals surface area (Å²) in [5.74, 6) is 0.0467. The number of piperidine rings is 1.